The summed E-state index contributed by atoms with van der Waals surface area (Å²) in [5.41, 5.74) is 0.956. The number of hydrogen-bond donors (Lipinski definition) is 2. The number of carbonyl (C=O) groups excluding carboxylic acids is 1. The number of carbonyl (C=O) groups is 2. The fourth-order valence-electron chi connectivity index (χ4n) is 2.48. The van der Waals surface area contributed by atoms with Gasteiger partial charge in [0.15, 0.2) is 6.61 Å². The van der Waals surface area contributed by atoms with Crippen molar-refractivity contribution in [1.82, 2.24) is 5.32 Å². The number of rotatable bonds is 7. The monoisotopic (exact) mass is 303 g/mol. The van der Waals surface area contributed by atoms with Gasteiger partial charge < -0.3 is 15.2 Å². The number of nitrogens with one attached hydrogen (secondary N) is 1. The quantitative estimate of drug-likeness (QED) is 0.759. The van der Waals surface area contributed by atoms with Crippen molar-refractivity contribution in [1.29, 1.82) is 0 Å². The van der Waals surface area contributed by atoms with Crippen LogP contribution in [0.25, 0.3) is 0 Å². The summed E-state index contributed by atoms with van der Waals surface area (Å²) in [5, 5.41) is 11.5. The third-order valence-corrected chi connectivity index (χ3v) is 3.68. The van der Waals surface area contributed by atoms with Gasteiger partial charge in [-0.1, -0.05) is 24.3 Å². The van der Waals surface area contributed by atoms with Gasteiger partial charge in [0.2, 0.25) is 5.91 Å². The topological polar surface area (TPSA) is 75.6 Å². The molecule has 0 saturated heterocycles. The molecule has 1 amide bonds. The van der Waals surface area contributed by atoms with E-state index in [2.05, 4.69) is 17.5 Å². The maximum Gasteiger partial charge on any atom is 0.341 e. The van der Waals surface area contributed by atoms with E-state index in [-0.39, 0.29) is 18.6 Å². The van der Waals surface area contributed by atoms with E-state index in [9.17, 15) is 9.59 Å². The van der Waals surface area contributed by atoms with Gasteiger partial charge in [0, 0.05) is 6.42 Å². The van der Waals surface area contributed by atoms with Crippen LogP contribution < -0.4 is 10.1 Å². The first-order valence-corrected chi connectivity index (χ1v) is 7.45. The van der Waals surface area contributed by atoms with Crippen molar-refractivity contribution < 1.29 is 19.4 Å². The molecule has 0 aromatic heterocycles. The van der Waals surface area contributed by atoms with Gasteiger partial charge in [-0.15, -0.1) is 0 Å². The lowest BCUT2D eigenvalue weighted by Gasteiger charge is -2.16. The molecule has 0 spiro atoms. The van der Waals surface area contributed by atoms with Crippen molar-refractivity contribution in [3.63, 3.8) is 0 Å². The predicted molar refractivity (Wildman–Crippen MR) is 82.6 cm³/mol. The molecule has 1 aliphatic rings. The number of amides is 1. The van der Waals surface area contributed by atoms with E-state index in [1.807, 2.05) is 19.1 Å². The summed E-state index contributed by atoms with van der Waals surface area (Å²) < 4.78 is 5.08. The van der Waals surface area contributed by atoms with Crippen molar-refractivity contribution in [3.8, 4) is 5.75 Å². The van der Waals surface area contributed by atoms with Crippen LogP contribution in [0.15, 0.2) is 36.4 Å². The minimum absolute atomic E-state index is 0.0512. The Hall–Kier alpha value is -2.30. The van der Waals surface area contributed by atoms with Crippen molar-refractivity contribution in [2.45, 2.75) is 32.2 Å². The highest BCUT2D eigenvalue weighted by Crippen LogP contribution is 2.21. The Morgan fingerprint density at radius 1 is 1.36 bits per heavy atom. The van der Waals surface area contributed by atoms with E-state index in [4.69, 9.17) is 9.84 Å². The van der Waals surface area contributed by atoms with Gasteiger partial charge in [0.05, 0.1) is 6.04 Å². The van der Waals surface area contributed by atoms with Gasteiger partial charge in [-0.3, -0.25) is 4.79 Å². The molecule has 0 unspecified atom stereocenters. The second kappa shape index (κ2) is 7.64. The van der Waals surface area contributed by atoms with Crippen LogP contribution in [0.2, 0.25) is 0 Å². The molecule has 0 fully saturated rings. The van der Waals surface area contributed by atoms with Crippen LogP contribution >= 0.6 is 0 Å². The number of aliphatic carboxylic acids is 1. The minimum Gasteiger partial charge on any atom is -0.482 e. The number of carboxylic acids is 1. The Labute approximate surface area is 130 Å². The molecule has 0 radical (unpaired) electrons. The second-order valence-electron chi connectivity index (χ2n) is 5.51. The Balaban J connectivity index is 1.83. The molecule has 5 nitrogen and oxygen atoms in total. The van der Waals surface area contributed by atoms with E-state index in [0.717, 1.165) is 18.4 Å². The van der Waals surface area contributed by atoms with Crippen LogP contribution in [0, 0.1) is 5.92 Å². The largest absolute Gasteiger partial charge is 0.482 e. The molecule has 118 valence electrons. The Kier molecular flexibility index (Phi) is 5.58. The summed E-state index contributed by atoms with van der Waals surface area (Å²) in [4.78, 5) is 22.4. The van der Waals surface area contributed by atoms with Crippen molar-refractivity contribution in [2.24, 2.45) is 5.92 Å². The molecule has 5 heteroatoms. The number of carboxylic acid groups (broad SMARTS) is 1. The molecule has 1 aromatic carbocycles. The summed E-state index contributed by atoms with van der Waals surface area (Å²) in [6.07, 6.45) is 6.87. The first-order chi connectivity index (χ1) is 10.5. The van der Waals surface area contributed by atoms with Gasteiger partial charge in [-0.2, -0.15) is 0 Å². The zero-order valence-corrected chi connectivity index (χ0v) is 12.6. The van der Waals surface area contributed by atoms with E-state index < -0.39 is 5.97 Å². The van der Waals surface area contributed by atoms with E-state index in [1.165, 1.54) is 0 Å². The van der Waals surface area contributed by atoms with Gasteiger partial charge in [0.1, 0.15) is 5.75 Å². The van der Waals surface area contributed by atoms with Crippen LogP contribution in [0.1, 0.15) is 37.8 Å². The average Bonchev–Trinajstić information content (AvgIpc) is 2.98. The second-order valence-corrected chi connectivity index (χ2v) is 5.51. The van der Waals surface area contributed by atoms with E-state index in [1.54, 1.807) is 12.1 Å². The van der Waals surface area contributed by atoms with Crippen molar-refractivity contribution in [3.05, 3.63) is 42.0 Å². The molecule has 1 aliphatic carbocycles. The maximum absolute atomic E-state index is 12.0. The fraction of sp³-hybridized carbons (Fsp3) is 0.412. The highest BCUT2D eigenvalue weighted by atomic mass is 16.5. The molecule has 2 N–H and O–H groups in total. The standard InChI is InChI=1S/C17H21NO4/c1-12(18-16(19)10-13-4-2-3-5-13)14-6-8-15(9-7-14)22-11-17(20)21/h2,4,6-9,12-13H,3,5,10-11H2,1H3,(H,18,19)(H,20,21)/t12-,13+/m0/s1. The van der Waals surface area contributed by atoms with Crippen LogP contribution in [0.5, 0.6) is 5.75 Å². The molecule has 0 bridgehead atoms. The molecule has 0 aliphatic heterocycles. The smallest absolute Gasteiger partial charge is 0.341 e. The molecule has 22 heavy (non-hydrogen) atoms. The molecule has 0 saturated carbocycles. The number of hydrogen-bond acceptors (Lipinski definition) is 3. The third kappa shape index (κ3) is 4.91. The van der Waals surface area contributed by atoms with Crippen LogP contribution in [0.3, 0.4) is 0 Å². The molecular weight excluding hydrogens is 282 g/mol. The molecule has 0 heterocycles. The molecular formula is C17H21NO4. The van der Waals surface area contributed by atoms with Gasteiger partial charge >= 0.3 is 5.97 Å². The Morgan fingerprint density at radius 3 is 2.68 bits per heavy atom. The Bertz CT molecular complexity index is 550. The zero-order valence-electron chi connectivity index (χ0n) is 12.6. The summed E-state index contributed by atoms with van der Waals surface area (Å²) in [6.45, 7) is 1.57. The first-order valence-electron chi connectivity index (χ1n) is 7.45. The number of benzene rings is 1. The van der Waals surface area contributed by atoms with E-state index in [0.29, 0.717) is 18.1 Å². The van der Waals surface area contributed by atoms with Crippen LogP contribution in [-0.2, 0) is 9.59 Å². The van der Waals surface area contributed by atoms with Crippen molar-refractivity contribution in [2.75, 3.05) is 6.61 Å². The number of ether oxygens (including phenoxy) is 1. The summed E-state index contributed by atoms with van der Waals surface area (Å²) in [6, 6.07) is 6.99. The SMILES string of the molecule is C[C@H](NC(=O)C[C@@H]1C=CCC1)c1ccc(OCC(=O)O)cc1. The minimum atomic E-state index is -1.01. The summed E-state index contributed by atoms with van der Waals surface area (Å²) >= 11 is 0. The summed E-state index contributed by atoms with van der Waals surface area (Å²) in [5.74, 6) is -0.0966. The lowest BCUT2D eigenvalue weighted by Crippen LogP contribution is -2.27. The van der Waals surface area contributed by atoms with Crippen LogP contribution in [-0.4, -0.2) is 23.6 Å². The average molecular weight is 303 g/mol. The first kappa shape index (κ1) is 16.1. The Morgan fingerprint density at radius 2 is 2.09 bits per heavy atom. The van der Waals surface area contributed by atoms with Crippen molar-refractivity contribution >= 4 is 11.9 Å². The third-order valence-electron chi connectivity index (χ3n) is 3.68. The summed E-state index contributed by atoms with van der Waals surface area (Å²) in [7, 11) is 0. The van der Waals surface area contributed by atoms with Crippen LogP contribution in [0.4, 0.5) is 0 Å². The normalized spacial score (nSPS) is 18.0. The number of allylic oxidation sites excluding steroid dienone is 2. The van der Waals surface area contributed by atoms with Gasteiger partial charge in [-0.05, 0) is 43.4 Å². The lowest BCUT2D eigenvalue weighted by molar-refractivity contribution is -0.139. The zero-order chi connectivity index (χ0) is 15.9. The highest BCUT2D eigenvalue weighted by Gasteiger charge is 2.16. The lowest BCUT2D eigenvalue weighted by atomic mass is 10.0. The van der Waals surface area contributed by atoms with Gasteiger partial charge in [-0.25, -0.2) is 4.79 Å². The van der Waals surface area contributed by atoms with E-state index >= 15 is 0 Å². The fourth-order valence-corrected chi connectivity index (χ4v) is 2.48. The predicted octanol–water partition coefficient (Wildman–Crippen LogP) is 2.68. The highest BCUT2D eigenvalue weighted by molar-refractivity contribution is 5.77. The van der Waals surface area contributed by atoms with Gasteiger partial charge in [0.25, 0.3) is 0 Å². The maximum atomic E-state index is 12.0. The molecule has 1 aromatic rings. The molecule has 2 atom stereocenters. The molecule has 2 rings (SSSR count).